The number of benzene rings is 1. The standard InChI is InChI=1S/C22H29NO11/c1-9-15(26)17(28)19(30)21(31-9)34-20-18(29)16(27)13(8-24)33-22(20)32-12-7-14(25)23(2)11-6-4-3-5-10(11)12/h3-7,9,13,15-22,24,26-30H,8H2,1-2H3/t9?,13?,15-,16+,17?,18?,19-,20-,21-,22+/m0/s1. The second-order valence-electron chi connectivity index (χ2n) is 8.53. The quantitative estimate of drug-likeness (QED) is 0.266. The second kappa shape index (κ2) is 9.85. The summed E-state index contributed by atoms with van der Waals surface area (Å²) in [5.41, 5.74) is 0.188. The Morgan fingerprint density at radius 1 is 0.941 bits per heavy atom. The molecule has 2 aliphatic rings. The number of hydrogen-bond donors (Lipinski definition) is 6. The number of aromatic nitrogens is 1. The minimum Gasteiger partial charge on any atom is -0.461 e. The van der Waals surface area contributed by atoms with Gasteiger partial charge in [0.2, 0.25) is 6.29 Å². The predicted molar refractivity (Wildman–Crippen MR) is 115 cm³/mol. The number of hydrogen-bond acceptors (Lipinski definition) is 11. The summed E-state index contributed by atoms with van der Waals surface area (Å²) in [7, 11) is 1.60. The van der Waals surface area contributed by atoms with E-state index in [9.17, 15) is 35.4 Å². The SMILES string of the molecule is CC1O[C@@H](O[C@H]2C(O)[C@H](O)C(CO)O[C@H]2Oc2cc(=O)n(C)c3ccccc23)[C@@H](O)C(O)[C@H]1O. The smallest absolute Gasteiger partial charge is 0.254 e. The zero-order chi connectivity index (χ0) is 24.7. The van der Waals surface area contributed by atoms with Crippen LogP contribution in [-0.4, -0.2) is 103 Å². The van der Waals surface area contributed by atoms with Gasteiger partial charge in [0.1, 0.15) is 42.4 Å². The van der Waals surface area contributed by atoms with E-state index < -0.39 is 68.0 Å². The first-order chi connectivity index (χ1) is 16.1. The summed E-state index contributed by atoms with van der Waals surface area (Å²) in [6.07, 6.45) is -14.5. The van der Waals surface area contributed by atoms with Crippen molar-refractivity contribution in [2.24, 2.45) is 7.05 Å². The summed E-state index contributed by atoms with van der Waals surface area (Å²) in [6, 6.07) is 8.14. The maximum atomic E-state index is 12.5. The molecule has 1 aromatic heterocycles. The first-order valence-electron chi connectivity index (χ1n) is 10.9. The van der Waals surface area contributed by atoms with Crippen molar-refractivity contribution in [2.45, 2.75) is 68.3 Å². The van der Waals surface area contributed by atoms with Crippen LogP contribution in [0.25, 0.3) is 10.9 Å². The maximum absolute atomic E-state index is 12.5. The van der Waals surface area contributed by atoms with E-state index in [1.165, 1.54) is 17.6 Å². The van der Waals surface area contributed by atoms with Crippen molar-refractivity contribution in [3.63, 3.8) is 0 Å². The lowest BCUT2D eigenvalue weighted by molar-refractivity contribution is -0.354. The van der Waals surface area contributed by atoms with Gasteiger partial charge in [-0.2, -0.15) is 0 Å². The van der Waals surface area contributed by atoms with Gasteiger partial charge in [-0.05, 0) is 19.1 Å². The molecule has 1 aromatic carbocycles. The van der Waals surface area contributed by atoms with E-state index in [1.54, 1.807) is 31.3 Å². The van der Waals surface area contributed by atoms with Crippen LogP contribution in [0.3, 0.4) is 0 Å². The lowest BCUT2D eigenvalue weighted by Crippen LogP contribution is -2.64. The van der Waals surface area contributed by atoms with Crippen LogP contribution in [-0.2, 0) is 21.3 Å². The fraction of sp³-hybridized carbons (Fsp3) is 0.591. The van der Waals surface area contributed by atoms with Crippen molar-refractivity contribution in [1.82, 2.24) is 4.57 Å². The third-order valence-electron chi connectivity index (χ3n) is 6.28. The molecule has 2 aromatic rings. The van der Waals surface area contributed by atoms with Crippen molar-refractivity contribution in [3.05, 3.63) is 40.7 Å². The van der Waals surface area contributed by atoms with Gasteiger partial charge in [0.15, 0.2) is 12.4 Å². The summed E-state index contributed by atoms with van der Waals surface area (Å²) in [4.78, 5) is 12.5. The normalized spacial score (nSPS) is 38.7. The first kappa shape index (κ1) is 25.0. The van der Waals surface area contributed by atoms with Crippen LogP contribution in [0.1, 0.15) is 6.92 Å². The lowest BCUT2D eigenvalue weighted by Gasteiger charge is -2.45. The Labute approximate surface area is 194 Å². The summed E-state index contributed by atoms with van der Waals surface area (Å²) in [5, 5.41) is 61.6. The molecule has 0 spiro atoms. The number of aryl methyl sites for hydroxylation is 1. The molecular formula is C22H29NO11. The Bertz CT molecular complexity index is 1060. The number of nitrogens with zero attached hydrogens (tertiary/aromatic N) is 1. The fourth-order valence-electron chi connectivity index (χ4n) is 4.18. The van der Waals surface area contributed by atoms with Crippen molar-refractivity contribution in [3.8, 4) is 5.75 Å². The number of para-hydroxylation sites is 1. The van der Waals surface area contributed by atoms with Crippen LogP contribution in [0.5, 0.6) is 5.75 Å². The molecule has 12 nitrogen and oxygen atoms in total. The van der Waals surface area contributed by atoms with E-state index >= 15 is 0 Å². The van der Waals surface area contributed by atoms with Crippen LogP contribution in [0, 0.1) is 0 Å². The number of aliphatic hydroxyl groups excluding tert-OH is 6. The van der Waals surface area contributed by atoms with E-state index in [4.69, 9.17) is 18.9 Å². The molecule has 0 saturated carbocycles. The Morgan fingerprint density at radius 2 is 1.65 bits per heavy atom. The number of aliphatic hydroxyl groups is 6. The highest BCUT2D eigenvalue weighted by atomic mass is 16.8. The predicted octanol–water partition coefficient (Wildman–Crippen LogP) is -2.43. The average Bonchev–Trinajstić information content (AvgIpc) is 2.83. The van der Waals surface area contributed by atoms with Gasteiger partial charge in [-0.1, -0.05) is 12.1 Å². The Morgan fingerprint density at radius 3 is 2.35 bits per heavy atom. The number of pyridine rings is 1. The van der Waals surface area contributed by atoms with Crippen LogP contribution in [0.15, 0.2) is 35.1 Å². The molecule has 2 saturated heterocycles. The molecule has 0 bridgehead atoms. The van der Waals surface area contributed by atoms with Crippen molar-refractivity contribution in [1.29, 1.82) is 0 Å². The van der Waals surface area contributed by atoms with E-state index in [0.29, 0.717) is 10.9 Å². The molecule has 6 N–H and O–H groups in total. The summed E-state index contributed by atoms with van der Waals surface area (Å²) >= 11 is 0. The molecule has 4 rings (SSSR count). The lowest BCUT2D eigenvalue weighted by atomic mass is 9.97. The van der Waals surface area contributed by atoms with E-state index in [2.05, 4.69) is 0 Å². The van der Waals surface area contributed by atoms with Crippen LogP contribution < -0.4 is 10.3 Å². The second-order valence-corrected chi connectivity index (χ2v) is 8.53. The number of ether oxygens (including phenoxy) is 4. The van der Waals surface area contributed by atoms with Gasteiger partial charge >= 0.3 is 0 Å². The van der Waals surface area contributed by atoms with Gasteiger partial charge in [-0.25, -0.2) is 0 Å². The van der Waals surface area contributed by atoms with Gasteiger partial charge < -0.3 is 54.2 Å². The van der Waals surface area contributed by atoms with Gasteiger partial charge in [0.05, 0.1) is 18.2 Å². The number of rotatable bonds is 5. The maximum Gasteiger partial charge on any atom is 0.254 e. The largest absolute Gasteiger partial charge is 0.461 e. The molecule has 0 aliphatic carbocycles. The molecule has 188 valence electrons. The summed E-state index contributed by atoms with van der Waals surface area (Å²) in [5.74, 6) is 0.103. The molecule has 4 unspecified atom stereocenters. The van der Waals surface area contributed by atoms with E-state index in [0.717, 1.165) is 0 Å². The zero-order valence-electron chi connectivity index (χ0n) is 18.5. The van der Waals surface area contributed by atoms with Crippen molar-refractivity contribution in [2.75, 3.05) is 6.61 Å². The Hall–Kier alpha value is -2.13. The Balaban J connectivity index is 1.67. The molecular weight excluding hydrogens is 454 g/mol. The monoisotopic (exact) mass is 483 g/mol. The summed E-state index contributed by atoms with van der Waals surface area (Å²) < 4.78 is 24.1. The van der Waals surface area contributed by atoms with E-state index in [-0.39, 0.29) is 11.3 Å². The average molecular weight is 483 g/mol. The van der Waals surface area contributed by atoms with Crippen LogP contribution in [0.4, 0.5) is 0 Å². The molecule has 10 atom stereocenters. The van der Waals surface area contributed by atoms with Crippen molar-refractivity contribution >= 4 is 10.9 Å². The van der Waals surface area contributed by atoms with Crippen LogP contribution in [0.2, 0.25) is 0 Å². The third kappa shape index (κ3) is 4.44. The number of fused-ring (bicyclic) bond motifs is 1. The fourth-order valence-corrected chi connectivity index (χ4v) is 4.18. The molecule has 34 heavy (non-hydrogen) atoms. The molecule has 0 amide bonds. The highest BCUT2D eigenvalue weighted by Gasteiger charge is 2.50. The van der Waals surface area contributed by atoms with E-state index in [1.807, 2.05) is 0 Å². The third-order valence-corrected chi connectivity index (χ3v) is 6.28. The molecule has 2 aliphatic heterocycles. The zero-order valence-corrected chi connectivity index (χ0v) is 18.5. The van der Waals surface area contributed by atoms with Crippen molar-refractivity contribution < 1.29 is 49.6 Å². The van der Waals surface area contributed by atoms with Gasteiger partial charge in [-0.15, -0.1) is 0 Å². The highest BCUT2D eigenvalue weighted by molar-refractivity contribution is 5.85. The van der Waals surface area contributed by atoms with Gasteiger partial charge in [0.25, 0.3) is 5.56 Å². The minimum absolute atomic E-state index is 0.103. The molecule has 0 radical (unpaired) electrons. The van der Waals surface area contributed by atoms with Gasteiger partial charge in [0, 0.05) is 18.5 Å². The van der Waals surface area contributed by atoms with Gasteiger partial charge in [-0.3, -0.25) is 4.79 Å². The topological polar surface area (TPSA) is 180 Å². The molecule has 3 heterocycles. The Kier molecular flexibility index (Phi) is 7.24. The highest BCUT2D eigenvalue weighted by Crippen LogP contribution is 2.32. The van der Waals surface area contributed by atoms with Crippen LogP contribution >= 0.6 is 0 Å². The minimum atomic E-state index is -1.68. The summed E-state index contributed by atoms with van der Waals surface area (Å²) in [6.45, 7) is 0.813. The molecule has 2 fully saturated rings. The molecule has 12 heteroatoms. The first-order valence-corrected chi connectivity index (χ1v) is 10.9.